The van der Waals surface area contributed by atoms with Crippen molar-refractivity contribution in [2.75, 3.05) is 0 Å². The molecule has 0 fully saturated rings. The van der Waals surface area contributed by atoms with Crippen LogP contribution in [0.1, 0.15) is 31.3 Å². The standard InChI is InChI=1S/C15H16Cl2N2O2S/c1-8(2)14-15(19(3)12(18-14)7-13(20)21)22-11-5-9(16)4-10(17)6-11/h4-6,8H,7H2,1-3H3,(H,20,21). The van der Waals surface area contributed by atoms with Gasteiger partial charge < -0.3 is 9.67 Å². The quantitative estimate of drug-likeness (QED) is 0.846. The number of benzene rings is 1. The number of hydrogen-bond acceptors (Lipinski definition) is 3. The van der Waals surface area contributed by atoms with E-state index in [1.807, 2.05) is 37.6 Å². The molecule has 1 heterocycles. The highest BCUT2D eigenvalue weighted by Gasteiger charge is 2.20. The van der Waals surface area contributed by atoms with Crippen molar-refractivity contribution in [2.24, 2.45) is 7.05 Å². The highest BCUT2D eigenvalue weighted by atomic mass is 35.5. The van der Waals surface area contributed by atoms with Gasteiger partial charge in [0.2, 0.25) is 0 Å². The summed E-state index contributed by atoms with van der Waals surface area (Å²) in [5.74, 6) is -0.177. The molecule has 0 aliphatic rings. The van der Waals surface area contributed by atoms with Crippen LogP contribution in [0.4, 0.5) is 0 Å². The zero-order valence-electron chi connectivity index (χ0n) is 12.4. The summed E-state index contributed by atoms with van der Waals surface area (Å²) in [6.07, 6.45) is -0.104. The Morgan fingerprint density at radius 2 is 1.91 bits per heavy atom. The molecular formula is C15H16Cl2N2O2S. The minimum atomic E-state index is -0.897. The van der Waals surface area contributed by atoms with E-state index in [1.165, 1.54) is 11.8 Å². The Balaban J connectivity index is 2.44. The maximum Gasteiger partial charge on any atom is 0.311 e. The van der Waals surface area contributed by atoms with Gasteiger partial charge in [-0.25, -0.2) is 4.98 Å². The van der Waals surface area contributed by atoms with Crippen LogP contribution in [0.3, 0.4) is 0 Å². The average molecular weight is 359 g/mol. The van der Waals surface area contributed by atoms with Gasteiger partial charge in [-0.1, -0.05) is 48.8 Å². The van der Waals surface area contributed by atoms with Crippen molar-refractivity contribution in [3.8, 4) is 0 Å². The van der Waals surface area contributed by atoms with E-state index >= 15 is 0 Å². The number of carboxylic acids is 1. The van der Waals surface area contributed by atoms with Gasteiger partial charge >= 0.3 is 5.97 Å². The van der Waals surface area contributed by atoms with Gasteiger partial charge in [0, 0.05) is 22.0 Å². The van der Waals surface area contributed by atoms with Gasteiger partial charge in [0.15, 0.2) is 0 Å². The highest BCUT2D eigenvalue weighted by molar-refractivity contribution is 7.99. The lowest BCUT2D eigenvalue weighted by molar-refractivity contribution is -0.136. The fourth-order valence-corrected chi connectivity index (χ4v) is 3.92. The van der Waals surface area contributed by atoms with Crippen molar-refractivity contribution in [1.29, 1.82) is 0 Å². The second-order valence-electron chi connectivity index (χ2n) is 5.21. The van der Waals surface area contributed by atoms with Crippen molar-refractivity contribution < 1.29 is 9.90 Å². The number of halogens is 2. The van der Waals surface area contributed by atoms with Crippen LogP contribution in [0, 0.1) is 0 Å². The fourth-order valence-electron chi connectivity index (χ4n) is 2.04. The molecule has 0 spiro atoms. The van der Waals surface area contributed by atoms with Crippen molar-refractivity contribution in [1.82, 2.24) is 9.55 Å². The number of hydrogen-bond donors (Lipinski definition) is 1. The molecule has 2 aromatic rings. The van der Waals surface area contributed by atoms with E-state index in [0.29, 0.717) is 15.9 Å². The Morgan fingerprint density at radius 1 is 1.32 bits per heavy atom. The molecule has 0 aliphatic carbocycles. The van der Waals surface area contributed by atoms with E-state index in [0.717, 1.165) is 15.6 Å². The molecule has 1 aromatic heterocycles. The van der Waals surface area contributed by atoms with E-state index in [2.05, 4.69) is 4.98 Å². The molecule has 0 aliphatic heterocycles. The summed E-state index contributed by atoms with van der Waals surface area (Å²) in [5, 5.41) is 11.0. The van der Waals surface area contributed by atoms with E-state index in [1.54, 1.807) is 6.07 Å². The maximum absolute atomic E-state index is 11.0. The fraction of sp³-hybridized carbons (Fsp3) is 0.333. The van der Waals surface area contributed by atoms with Gasteiger partial charge in [-0.2, -0.15) is 0 Å². The summed E-state index contributed by atoms with van der Waals surface area (Å²) in [7, 11) is 1.83. The van der Waals surface area contributed by atoms with Gasteiger partial charge in [-0.3, -0.25) is 4.79 Å². The summed E-state index contributed by atoms with van der Waals surface area (Å²) in [6, 6.07) is 5.33. The third-order valence-corrected chi connectivity index (χ3v) is 4.65. The van der Waals surface area contributed by atoms with Crippen molar-refractivity contribution in [3.05, 3.63) is 39.8 Å². The number of carboxylic acid groups (broad SMARTS) is 1. The molecule has 1 N–H and O–H groups in total. The molecule has 2 rings (SSSR count). The van der Waals surface area contributed by atoms with Crippen LogP contribution >= 0.6 is 35.0 Å². The van der Waals surface area contributed by atoms with Crippen LogP contribution in [0.2, 0.25) is 10.0 Å². The number of carbonyl (C=O) groups is 1. The summed E-state index contributed by atoms with van der Waals surface area (Å²) in [6.45, 7) is 4.06. The molecule has 1 aromatic carbocycles. The minimum absolute atomic E-state index is 0.104. The first-order valence-electron chi connectivity index (χ1n) is 6.69. The van der Waals surface area contributed by atoms with Crippen molar-refractivity contribution in [2.45, 2.75) is 36.1 Å². The number of rotatable bonds is 5. The summed E-state index contributed by atoms with van der Waals surface area (Å²) < 4.78 is 1.82. The summed E-state index contributed by atoms with van der Waals surface area (Å²) in [5.41, 5.74) is 0.875. The van der Waals surface area contributed by atoms with Crippen LogP contribution in [0.5, 0.6) is 0 Å². The molecule has 0 saturated heterocycles. The molecule has 0 bridgehead atoms. The molecule has 0 saturated carbocycles. The molecule has 0 radical (unpaired) electrons. The molecule has 0 amide bonds. The lowest BCUT2D eigenvalue weighted by atomic mass is 10.1. The van der Waals surface area contributed by atoms with Crippen LogP contribution in [0.15, 0.2) is 28.1 Å². The third kappa shape index (κ3) is 3.97. The van der Waals surface area contributed by atoms with E-state index in [-0.39, 0.29) is 12.3 Å². The van der Waals surface area contributed by atoms with Gasteiger partial charge in [-0.15, -0.1) is 0 Å². The smallest absolute Gasteiger partial charge is 0.311 e. The Morgan fingerprint density at radius 3 is 2.41 bits per heavy atom. The largest absolute Gasteiger partial charge is 0.481 e. The van der Waals surface area contributed by atoms with E-state index in [9.17, 15) is 4.79 Å². The first-order chi connectivity index (χ1) is 10.3. The zero-order valence-corrected chi connectivity index (χ0v) is 14.8. The van der Waals surface area contributed by atoms with Crippen LogP contribution in [0.25, 0.3) is 0 Å². The van der Waals surface area contributed by atoms with Crippen LogP contribution in [-0.2, 0) is 18.3 Å². The zero-order chi connectivity index (χ0) is 16.4. The van der Waals surface area contributed by atoms with Crippen LogP contribution < -0.4 is 0 Å². The molecule has 118 valence electrons. The Hall–Kier alpha value is -1.17. The predicted molar refractivity (Wildman–Crippen MR) is 89.2 cm³/mol. The average Bonchev–Trinajstić information content (AvgIpc) is 2.66. The van der Waals surface area contributed by atoms with Gasteiger partial charge in [0.1, 0.15) is 17.3 Å². The molecule has 0 atom stereocenters. The Labute approximate surface area is 143 Å². The molecule has 7 heteroatoms. The minimum Gasteiger partial charge on any atom is -0.481 e. The second kappa shape index (κ2) is 6.94. The number of aromatic nitrogens is 2. The lowest BCUT2D eigenvalue weighted by Crippen LogP contribution is -2.06. The monoisotopic (exact) mass is 358 g/mol. The van der Waals surface area contributed by atoms with Crippen LogP contribution in [-0.4, -0.2) is 20.6 Å². The number of imidazole rings is 1. The molecular weight excluding hydrogens is 343 g/mol. The van der Waals surface area contributed by atoms with E-state index < -0.39 is 5.97 Å². The number of aliphatic carboxylic acids is 1. The van der Waals surface area contributed by atoms with Crippen molar-refractivity contribution >= 4 is 40.9 Å². The SMILES string of the molecule is CC(C)c1nc(CC(=O)O)n(C)c1Sc1cc(Cl)cc(Cl)c1. The lowest BCUT2D eigenvalue weighted by Gasteiger charge is -2.09. The predicted octanol–water partition coefficient (Wildman–Crippen LogP) is 4.63. The molecule has 0 unspecified atom stereocenters. The first kappa shape index (κ1) is 17.2. The summed E-state index contributed by atoms with van der Waals surface area (Å²) >= 11 is 13.6. The molecule has 4 nitrogen and oxygen atoms in total. The topological polar surface area (TPSA) is 55.1 Å². The van der Waals surface area contributed by atoms with Gasteiger partial charge in [0.05, 0.1) is 5.69 Å². The van der Waals surface area contributed by atoms with Gasteiger partial charge in [0.25, 0.3) is 0 Å². The summed E-state index contributed by atoms with van der Waals surface area (Å²) in [4.78, 5) is 16.3. The second-order valence-corrected chi connectivity index (χ2v) is 7.14. The Bertz CT molecular complexity index is 694. The number of nitrogens with zero attached hydrogens (tertiary/aromatic N) is 2. The third-order valence-electron chi connectivity index (χ3n) is 3.07. The van der Waals surface area contributed by atoms with E-state index in [4.69, 9.17) is 28.3 Å². The van der Waals surface area contributed by atoms with Gasteiger partial charge in [-0.05, 0) is 24.1 Å². The maximum atomic E-state index is 11.0. The molecule has 22 heavy (non-hydrogen) atoms. The first-order valence-corrected chi connectivity index (χ1v) is 8.26. The van der Waals surface area contributed by atoms with Crippen molar-refractivity contribution in [3.63, 3.8) is 0 Å². The Kier molecular flexibility index (Phi) is 5.42. The normalized spacial score (nSPS) is 11.2. The highest BCUT2D eigenvalue weighted by Crippen LogP contribution is 2.36.